The summed E-state index contributed by atoms with van der Waals surface area (Å²) in [6, 6.07) is 5.29. The summed E-state index contributed by atoms with van der Waals surface area (Å²) in [5, 5.41) is 5.12. The van der Waals surface area contributed by atoms with Crippen molar-refractivity contribution in [3.63, 3.8) is 0 Å². The van der Waals surface area contributed by atoms with Crippen molar-refractivity contribution in [2.24, 2.45) is 0 Å². The summed E-state index contributed by atoms with van der Waals surface area (Å²) in [6.45, 7) is 4.05. The fourth-order valence-corrected chi connectivity index (χ4v) is 3.43. The van der Waals surface area contributed by atoms with Crippen molar-refractivity contribution in [3.05, 3.63) is 24.3 Å². The Hall–Kier alpha value is -2.46. The Labute approximate surface area is 158 Å². The van der Waals surface area contributed by atoms with E-state index in [1.54, 1.807) is 24.3 Å². The smallest absolute Gasteiger partial charge is 0.324 e. The van der Waals surface area contributed by atoms with Gasteiger partial charge in [0.1, 0.15) is 6.04 Å². The maximum atomic E-state index is 11.8. The number of hydrogen-bond donors (Lipinski definition) is 3. The number of hydrogen-bond acceptors (Lipinski definition) is 6. The van der Waals surface area contributed by atoms with E-state index in [1.807, 2.05) is 6.92 Å². The second-order valence-corrected chi connectivity index (χ2v) is 7.80. The largest absolute Gasteiger partial charge is 0.454 e. The average molecular weight is 399 g/mol. The summed E-state index contributed by atoms with van der Waals surface area (Å²) in [7, 11) is -3.57. The van der Waals surface area contributed by atoms with Crippen LogP contribution in [0.4, 0.5) is 11.4 Å². The lowest BCUT2D eigenvalue weighted by Crippen LogP contribution is -2.41. The number of anilines is 2. The Morgan fingerprint density at radius 3 is 2.15 bits per heavy atom. The molecule has 1 aromatic rings. The third kappa shape index (κ3) is 9.15. The molecule has 1 atom stereocenters. The highest BCUT2D eigenvalue weighted by molar-refractivity contribution is 7.89. The molecular weight excluding hydrogens is 374 g/mol. The number of benzene rings is 1. The molecule has 27 heavy (non-hydrogen) atoms. The molecule has 0 spiro atoms. The molecule has 0 aliphatic carbocycles. The summed E-state index contributed by atoms with van der Waals surface area (Å²) in [6.07, 6.45) is 1.20. The topological polar surface area (TPSA) is 131 Å². The van der Waals surface area contributed by atoms with Crippen LogP contribution in [-0.4, -0.2) is 44.6 Å². The van der Waals surface area contributed by atoms with E-state index < -0.39 is 34.5 Å². The van der Waals surface area contributed by atoms with Gasteiger partial charge < -0.3 is 15.4 Å². The van der Waals surface area contributed by atoms with Crippen LogP contribution >= 0.6 is 0 Å². The van der Waals surface area contributed by atoms with Gasteiger partial charge in [-0.25, -0.2) is 13.1 Å². The number of esters is 1. The second kappa shape index (κ2) is 10.6. The van der Waals surface area contributed by atoms with Crippen LogP contribution in [0.15, 0.2) is 24.3 Å². The van der Waals surface area contributed by atoms with Gasteiger partial charge in [0.05, 0.1) is 5.75 Å². The molecule has 3 N–H and O–H groups in total. The lowest BCUT2D eigenvalue weighted by atomic mass is 10.2. The molecule has 0 fully saturated rings. The van der Waals surface area contributed by atoms with Crippen LogP contribution in [0.5, 0.6) is 0 Å². The number of sulfonamides is 1. The Kier molecular flexibility index (Phi) is 8.89. The van der Waals surface area contributed by atoms with Crippen molar-refractivity contribution < 1.29 is 27.5 Å². The highest BCUT2D eigenvalue weighted by Crippen LogP contribution is 2.13. The number of unbranched alkanes of at least 4 members (excludes halogenated alkanes) is 1. The molecule has 1 aromatic carbocycles. The van der Waals surface area contributed by atoms with Gasteiger partial charge in [-0.05, 0) is 37.6 Å². The standard InChI is InChI=1S/C17H25N3O6S/c1-4-5-10-27(24,25)20-12(2)17(23)26-11-16(22)19-15-8-6-14(7-9-15)18-13(3)21/h6-9,12,20H,4-5,10-11H2,1-3H3,(H,18,21)(H,19,22)/t12-/m0/s1. The molecular formula is C17H25N3O6S. The van der Waals surface area contributed by atoms with Crippen LogP contribution in [-0.2, 0) is 29.1 Å². The predicted molar refractivity (Wildman–Crippen MR) is 102 cm³/mol. The summed E-state index contributed by atoms with van der Waals surface area (Å²) in [5.74, 6) is -1.70. The fraction of sp³-hybridized carbons (Fsp3) is 0.471. The Morgan fingerprint density at radius 2 is 1.63 bits per heavy atom. The van der Waals surface area contributed by atoms with Crippen molar-refractivity contribution in [1.82, 2.24) is 4.72 Å². The number of nitrogens with one attached hydrogen (secondary N) is 3. The molecule has 150 valence electrons. The zero-order valence-electron chi connectivity index (χ0n) is 15.6. The third-order valence-corrected chi connectivity index (χ3v) is 4.85. The van der Waals surface area contributed by atoms with E-state index in [9.17, 15) is 22.8 Å². The van der Waals surface area contributed by atoms with Gasteiger partial charge in [-0.15, -0.1) is 0 Å². The molecule has 0 saturated carbocycles. The first-order valence-electron chi connectivity index (χ1n) is 8.47. The fourth-order valence-electron chi connectivity index (χ4n) is 2.01. The van der Waals surface area contributed by atoms with Crippen LogP contribution in [0.2, 0.25) is 0 Å². The van der Waals surface area contributed by atoms with Crippen molar-refractivity contribution in [2.45, 2.75) is 39.7 Å². The van der Waals surface area contributed by atoms with Crippen molar-refractivity contribution in [2.75, 3.05) is 23.0 Å². The Balaban J connectivity index is 2.44. The minimum Gasteiger partial charge on any atom is -0.454 e. The van der Waals surface area contributed by atoms with E-state index in [-0.39, 0.29) is 11.7 Å². The molecule has 0 heterocycles. The maximum Gasteiger partial charge on any atom is 0.324 e. The minimum atomic E-state index is -3.57. The first-order valence-corrected chi connectivity index (χ1v) is 10.1. The van der Waals surface area contributed by atoms with E-state index in [4.69, 9.17) is 4.74 Å². The highest BCUT2D eigenvalue weighted by atomic mass is 32.2. The van der Waals surface area contributed by atoms with E-state index in [0.717, 1.165) is 0 Å². The van der Waals surface area contributed by atoms with Crippen molar-refractivity contribution in [3.8, 4) is 0 Å². The molecule has 0 bridgehead atoms. The van der Waals surface area contributed by atoms with E-state index in [2.05, 4.69) is 15.4 Å². The first kappa shape index (κ1) is 22.6. The zero-order valence-corrected chi connectivity index (χ0v) is 16.4. The van der Waals surface area contributed by atoms with Gasteiger partial charge in [0, 0.05) is 18.3 Å². The Morgan fingerprint density at radius 1 is 1.07 bits per heavy atom. The number of amides is 2. The molecule has 0 saturated heterocycles. The molecule has 0 aliphatic heterocycles. The monoisotopic (exact) mass is 399 g/mol. The second-order valence-electron chi connectivity index (χ2n) is 5.93. The van der Waals surface area contributed by atoms with Gasteiger partial charge in [0.15, 0.2) is 6.61 Å². The summed E-state index contributed by atoms with van der Waals surface area (Å²) in [5.41, 5.74) is 1.04. The van der Waals surface area contributed by atoms with E-state index >= 15 is 0 Å². The van der Waals surface area contributed by atoms with Gasteiger partial charge >= 0.3 is 5.97 Å². The van der Waals surface area contributed by atoms with E-state index in [0.29, 0.717) is 24.2 Å². The first-order chi connectivity index (χ1) is 12.6. The van der Waals surface area contributed by atoms with Crippen LogP contribution in [0, 0.1) is 0 Å². The lowest BCUT2D eigenvalue weighted by Gasteiger charge is -2.13. The van der Waals surface area contributed by atoms with Gasteiger partial charge in [-0.3, -0.25) is 14.4 Å². The SMILES string of the molecule is CCCCS(=O)(=O)N[C@@H](C)C(=O)OCC(=O)Nc1ccc(NC(C)=O)cc1. The molecule has 0 aromatic heterocycles. The van der Waals surface area contributed by atoms with Crippen LogP contribution < -0.4 is 15.4 Å². The summed E-state index contributed by atoms with van der Waals surface area (Å²) in [4.78, 5) is 34.6. The van der Waals surface area contributed by atoms with Gasteiger partial charge in [-0.1, -0.05) is 13.3 Å². The normalized spacial score (nSPS) is 12.1. The zero-order chi connectivity index (χ0) is 20.4. The number of rotatable bonds is 10. The average Bonchev–Trinajstić information content (AvgIpc) is 2.58. The van der Waals surface area contributed by atoms with Crippen LogP contribution in [0.3, 0.4) is 0 Å². The quantitative estimate of drug-likeness (QED) is 0.507. The van der Waals surface area contributed by atoms with E-state index in [1.165, 1.54) is 13.8 Å². The van der Waals surface area contributed by atoms with Gasteiger partial charge in [0.2, 0.25) is 15.9 Å². The maximum absolute atomic E-state index is 11.8. The summed E-state index contributed by atoms with van der Waals surface area (Å²) < 4.78 is 30.6. The van der Waals surface area contributed by atoms with Crippen molar-refractivity contribution >= 4 is 39.2 Å². The molecule has 10 heteroatoms. The number of ether oxygens (including phenoxy) is 1. The van der Waals surface area contributed by atoms with Gasteiger partial charge in [-0.2, -0.15) is 0 Å². The van der Waals surface area contributed by atoms with Crippen molar-refractivity contribution in [1.29, 1.82) is 0 Å². The highest BCUT2D eigenvalue weighted by Gasteiger charge is 2.21. The lowest BCUT2D eigenvalue weighted by molar-refractivity contribution is -0.148. The van der Waals surface area contributed by atoms with Crippen LogP contribution in [0.1, 0.15) is 33.6 Å². The molecule has 0 aliphatic rings. The minimum absolute atomic E-state index is 0.0733. The van der Waals surface area contributed by atoms with Gasteiger partial charge in [0.25, 0.3) is 5.91 Å². The molecule has 1 rings (SSSR count). The summed E-state index contributed by atoms with van der Waals surface area (Å²) >= 11 is 0. The Bertz CT molecular complexity index is 761. The van der Waals surface area contributed by atoms with Crippen LogP contribution in [0.25, 0.3) is 0 Å². The predicted octanol–water partition coefficient (Wildman–Crippen LogP) is 1.23. The number of carbonyl (C=O) groups excluding carboxylic acids is 3. The number of carbonyl (C=O) groups is 3. The molecule has 2 amide bonds. The third-order valence-electron chi connectivity index (χ3n) is 3.31. The molecule has 9 nitrogen and oxygen atoms in total. The molecule has 0 unspecified atom stereocenters. The molecule has 0 radical (unpaired) electrons.